The highest BCUT2D eigenvalue weighted by atomic mass is 16.3. The molecule has 0 aliphatic carbocycles. The van der Waals surface area contributed by atoms with Crippen molar-refractivity contribution in [1.82, 2.24) is 9.97 Å². The van der Waals surface area contributed by atoms with E-state index in [4.69, 9.17) is 0 Å². The lowest BCUT2D eigenvalue weighted by Crippen LogP contribution is -2.38. The van der Waals surface area contributed by atoms with E-state index >= 15 is 0 Å². The van der Waals surface area contributed by atoms with Crippen molar-refractivity contribution in [3.8, 4) is 0 Å². The fourth-order valence-corrected chi connectivity index (χ4v) is 2.90. The van der Waals surface area contributed by atoms with Gasteiger partial charge in [-0.15, -0.1) is 0 Å². The maximum absolute atomic E-state index is 10.3. The van der Waals surface area contributed by atoms with Gasteiger partial charge in [0, 0.05) is 27.2 Å². The van der Waals surface area contributed by atoms with Crippen molar-refractivity contribution in [2.75, 3.05) is 37.0 Å². The third-order valence-electron chi connectivity index (χ3n) is 4.19. The Balaban J connectivity index is 1.93. The second kappa shape index (κ2) is 7.07. The van der Waals surface area contributed by atoms with Gasteiger partial charge in [-0.2, -0.15) is 0 Å². The van der Waals surface area contributed by atoms with Crippen LogP contribution < -0.4 is 9.80 Å². The summed E-state index contributed by atoms with van der Waals surface area (Å²) < 4.78 is 0. The molecule has 1 aliphatic heterocycles. The van der Waals surface area contributed by atoms with E-state index in [1.54, 1.807) is 6.20 Å². The molecule has 0 saturated carbocycles. The van der Waals surface area contributed by atoms with Gasteiger partial charge in [0.05, 0.1) is 18.5 Å². The Hall–Kier alpha value is -1.36. The topological polar surface area (TPSA) is 52.5 Å². The molecule has 0 radical (unpaired) electrons. The molecule has 1 fully saturated rings. The van der Waals surface area contributed by atoms with Crippen LogP contribution in [0.1, 0.15) is 33.1 Å². The molecule has 1 saturated heterocycles. The third kappa shape index (κ3) is 4.30. The number of anilines is 2. The van der Waals surface area contributed by atoms with E-state index in [9.17, 15) is 5.11 Å². The van der Waals surface area contributed by atoms with Crippen molar-refractivity contribution in [2.45, 2.75) is 39.2 Å². The number of piperidine rings is 1. The molecule has 1 atom stereocenters. The van der Waals surface area contributed by atoms with E-state index in [0.717, 1.165) is 44.0 Å². The van der Waals surface area contributed by atoms with Crippen molar-refractivity contribution >= 4 is 11.6 Å². The molecule has 2 rings (SSSR count). The lowest BCUT2D eigenvalue weighted by molar-refractivity contribution is 0.0734. The van der Waals surface area contributed by atoms with Crippen molar-refractivity contribution in [3.05, 3.63) is 12.4 Å². The highest BCUT2D eigenvalue weighted by molar-refractivity contribution is 5.44. The molecule has 2 heterocycles. The Kier molecular flexibility index (Phi) is 5.39. The Morgan fingerprint density at radius 2 is 1.95 bits per heavy atom. The molecule has 1 N–H and O–H groups in total. The van der Waals surface area contributed by atoms with Crippen LogP contribution in [0.3, 0.4) is 0 Å². The molecule has 1 aromatic heterocycles. The summed E-state index contributed by atoms with van der Waals surface area (Å²) in [4.78, 5) is 13.2. The molecular weight excluding hydrogens is 264 g/mol. The number of aromatic nitrogens is 2. The molecule has 1 aromatic rings. The first-order chi connectivity index (χ1) is 9.97. The number of hydrogen-bond acceptors (Lipinski definition) is 5. The zero-order valence-corrected chi connectivity index (χ0v) is 13.7. The monoisotopic (exact) mass is 292 g/mol. The van der Waals surface area contributed by atoms with Gasteiger partial charge in [-0.1, -0.05) is 13.8 Å². The fraction of sp³-hybridized carbons (Fsp3) is 0.750. The van der Waals surface area contributed by atoms with E-state index in [2.05, 4.69) is 28.7 Å². The quantitative estimate of drug-likeness (QED) is 0.901. The highest BCUT2D eigenvalue weighted by Crippen LogP contribution is 2.27. The molecule has 5 heteroatoms. The van der Waals surface area contributed by atoms with Gasteiger partial charge in [-0.05, 0) is 31.1 Å². The van der Waals surface area contributed by atoms with Gasteiger partial charge in [0.1, 0.15) is 11.6 Å². The van der Waals surface area contributed by atoms with Gasteiger partial charge in [-0.25, -0.2) is 4.98 Å². The zero-order valence-electron chi connectivity index (χ0n) is 13.7. The smallest absolute Gasteiger partial charge is 0.149 e. The van der Waals surface area contributed by atoms with Gasteiger partial charge < -0.3 is 14.9 Å². The summed E-state index contributed by atoms with van der Waals surface area (Å²) in [6, 6.07) is 0. The molecule has 0 spiro atoms. The van der Waals surface area contributed by atoms with E-state index in [1.165, 1.54) is 0 Å². The minimum atomic E-state index is -0.161. The van der Waals surface area contributed by atoms with E-state index in [0.29, 0.717) is 11.8 Å². The van der Waals surface area contributed by atoms with Crippen LogP contribution in [-0.4, -0.2) is 48.4 Å². The SMILES string of the molecule is CC(C)CC(O)C1CCN(c2cncc(N(C)C)n2)CC1. The van der Waals surface area contributed by atoms with Crippen LogP contribution in [0.5, 0.6) is 0 Å². The van der Waals surface area contributed by atoms with Crippen molar-refractivity contribution in [2.24, 2.45) is 11.8 Å². The summed E-state index contributed by atoms with van der Waals surface area (Å²) in [5, 5.41) is 10.3. The number of hydrogen-bond donors (Lipinski definition) is 1. The average Bonchev–Trinajstić information content (AvgIpc) is 2.47. The summed E-state index contributed by atoms with van der Waals surface area (Å²) in [5.41, 5.74) is 0. The number of rotatable bonds is 5. The van der Waals surface area contributed by atoms with Crippen LogP contribution in [0.15, 0.2) is 12.4 Å². The number of aliphatic hydroxyl groups is 1. The maximum Gasteiger partial charge on any atom is 0.149 e. The first-order valence-corrected chi connectivity index (χ1v) is 7.89. The summed E-state index contributed by atoms with van der Waals surface area (Å²) >= 11 is 0. The minimum absolute atomic E-state index is 0.161. The van der Waals surface area contributed by atoms with Crippen LogP contribution in [0.2, 0.25) is 0 Å². The third-order valence-corrected chi connectivity index (χ3v) is 4.19. The Labute approximate surface area is 128 Å². The second-order valence-corrected chi connectivity index (χ2v) is 6.65. The first kappa shape index (κ1) is 16.0. The molecule has 1 aliphatic rings. The number of aliphatic hydroxyl groups excluding tert-OH is 1. The predicted molar refractivity (Wildman–Crippen MR) is 86.8 cm³/mol. The Morgan fingerprint density at radius 3 is 2.52 bits per heavy atom. The minimum Gasteiger partial charge on any atom is -0.393 e. The highest BCUT2D eigenvalue weighted by Gasteiger charge is 2.26. The van der Waals surface area contributed by atoms with Crippen molar-refractivity contribution in [3.63, 3.8) is 0 Å². The average molecular weight is 292 g/mol. The zero-order chi connectivity index (χ0) is 15.4. The molecule has 0 amide bonds. The summed E-state index contributed by atoms with van der Waals surface area (Å²) in [5.74, 6) is 2.81. The summed E-state index contributed by atoms with van der Waals surface area (Å²) in [6.07, 6.45) is 6.41. The molecule has 1 unspecified atom stereocenters. The molecule has 0 aromatic carbocycles. The largest absolute Gasteiger partial charge is 0.393 e. The lowest BCUT2D eigenvalue weighted by atomic mass is 9.87. The first-order valence-electron chi connectivity index (χ1n) is 7.89. The van der Waals surface area contributed by atoms with Crippen LogP contribution in [-0.2, 0) is 0 Å². The van der Waals surface area contributed by atoms with Gasteiger partial charge >= 0.3 is 0 Å². The fourth-order valence-electron chi connectivity index (χ4n) is 2.90. The normalized spacial score (nSPS) is 18.1. The van der Waals surface area contributed by atoms with E-state index in [1.807, 2.05) is 25.2 Å². The Bertz CT molecular complexity index is 442. The maximum atomic E-state index is 10.3. The van der Waals surface area contributed by atoms with Gasteiger partial charge in [0.15, 0.2) is 0 Å². The second-order valence-electron chi connectivity index (χ2n) is 6.65. The van der Waals surface area contributed by atoms with Crippen LogP contribution >= 0.6 is 0 Å². The van der Waals surface area contributed by atoms with Crippen LogP contribution in [0.25, 0.3) is 0 Å². The molecule has 0 bridgehead atoms. The molecule has 5 nitrogen and oxygen atoms in total. The van der Waals surface area contributed by atoms with Crippen LogP contribution in [0, 0.1) is 11.8 Å². The molecule has 21 heavy (non-hydrogen) atoms. The number of nitrogens with zero attached hydrogens (tertiary/aromatic N) is 4. The van der Waals surface area contributed by atoms with Gasteiger partial charge in [0.2, 0.25) is 0 Å². The van der Waals surface area contributed by atoms with Gasteiger partial charge in [0.25, 0.3) is 0 Å². The summed E-state index contributed by atoms with van der Waals surface area (Å²) in [7, 11) is 3.95. The van der Waals surface area contributed by atoms with E-state index < -0.39 is 0 Å². The molecular formula is C16H28N4O. The van der Waals surface area contributed by atoms with Crippen LogP contribution in [0.4, 0.5) is 11.6 Å². The summed E-state index contributed by atoms with van der Waals surface area (Å²) in [6.45, 7) is 6.23. The molecule has 118 valence electrons. The predicted octanol–water partition coefficient (Wildman–Crippen LogP) is 2.17. The van der Waals surface area contributed by atoms with Crippen molar-refractivity contribution in [1.29, 1.82) is 0 Å². The van der Waals surface area contributed by atoms with E-state index in [-0.39, 0.29) is 6.10 Å². The van der Waals surface area contributed by atoms with Gasteiger partial charge in [-0.3, -0.25) is 4.98 Å². The Morgan fingerprint density at radius 1 is 1.29 bits per heavy atom. The lowest BCUT2D eigenvalue weighted by Gasteiger charge is -2.35. The van der Waals surface area contributed by atoms with Crippen molar-refractivity contribution < 1.29 is 5.11 Å². The standard InChI is InChI=1S/C16H28N4O/c1-12(2)9-14(21)13-5-7-20(8-6-13)16-11-17-10-15(18-16)19(3)4/h10-14,21H,5-9H2,1-4H3.